The van der Waals surface area contributed by atoms with Gasteiger partial charge in [-0.15, -0.1) is 0 Å². The molecular weight excluding hydrogens is 386 g/mol. The Kier molecular flexibility index (Phi) is 8.10. The van der Waals surface area contributed by atoms with Crippen molar-refractivity contribution in [2.75, 3.05) is 19.8 Å². The molecule has 1 aliphatic rings. The first-order chi connectivity index (χ1) is 14.1. The predicted octanol–water partition coefficient (Wildman–Crippen LogP) is 5.02. The summed E-state index contributed by atoms with van der Waals surface area (Å²) in [6, 6.07) is 15.9. The highest BCUT2D eigenvalue weighted by molar-refractivity contribution is 6.30. The number of ether oxygens (including phenoxy) is 2. The van der Waals surface area contributed by atoms with Crippen LogP contribution in [0.4, 0.5) is 0 Å². The van der Waals surface area contributed by atoms with Crippen LogP contribution in [0.1, 0.15) is 49.3 Å². The van der Waals surface area contributed by atoms with Gasteiger partial charge in [0.15, 0.2) is 0 Å². The van der Waals surface area contributed by atoms with Crippen molar-refractivity contribution in [3.8, 4) is 0 Å². The van der Waals surface area contributed by atoms with E-state index in [4.69, 9.17) is 21.1 Å². The molecule has 156 valence electrons. The molecule has 1 saturated carbocycles. The van der Waals surface area contributed by atoms with Gasteiger partial charge in [-0.05, 0) is 48.6 Å². The van der Waals surface area contributed by atoms with E-state index in [1.807, 2.05) is 49.4 Å². The topological polar surface area (TPSA) is 47.6 Å². The van der Waals surface area contributed by atoms with Gasteiger partial charge in [0.1, 0.15) is 0 Å². The Labute approximate surface area is 178 Å². The Hall–Kier alpha value is -1.88. The average Bonchev–Trinajstić information content (AvgIpc) is 3.23. The van der Waals surface area contributed by atoms with E-state index in [1.54, 1.807) is 0 Å². The molecule has 1 fully saturated rings. The number of nitrogens with one attached hydrogen (secondary N) is 1. The maximum atomic E-state index is 13.2. The van der Waals surface area contributed by atoms with Gasteiger partial charge in [-0.25, -0.2) is 0 Å². The van der Waals surface area contributed by atoms with Gasteiger partial charge in [0.05, 0.1) is 25.2 Å². The minimum atomic E-state index is -0.467. The summed E-state index contributed by atoms with van der Waals surface area (Å²) in [5, 5.41) is 3.85. The molecule has 0 saturated heterocycles. The predicted molar refractivity (Wildman–Crippen MR) is 116 cm³/mol. The first-order valence-electron chi connectivity index (χ1n) is 10.4. The van der Waals surface area contributed by atoms with Crippen molar-refractivity contribution in [3.05, 3.63) is 70.2 Å². The summed E-state index contributed by atoms with van der Waals surface area (Å²) >= 11 is 6.20. The Morgan fingerprint density at radius 3 is 2.52 bits per heavy atom. The van der Waals surface area contributed by atoms with Gasteiger partial charge in [0.25, 0.3) is 0 Å². The Morgan fingerprint density at radius 2 is 1.76 bits per heavy atom. The maximum Gasteiger partial charge on any atom is 0.230 e. The molecule has 0 spiro atoms. The zero-order chi connectivity index (χ0) is 20.5. The molecule has 0 unspecified atom stereocenters. The van der Waals surface area contributed by atoms with Gasteiger partial charge in [0, 0.05) is 18.2 Å². The van der Waals surface area contributed by atoms with Gasteiger partial charge in [0.2, 0.25) is 5.91 Å². The van der Waals surface area contributed by atoms with Crippen LogP contribution in [0.15, 0.2) is 48.5 Å². The van der Waals surface area contributed by atoms with Crippen LogP contribution in [0.2, 0.25) is 5.02 Å². The van der Waals surface area contributed by atoms with E-state index in [1.165, 1.54) is 0 Å². The van der Waals surface area contributed by atoms with E-state index in [0.717, 1.165) is 42.4 Å². The molecule has 1 N–H and O–H groups in total. The summed E-state index contributed by atoms with van der Waals surface area (Å²) in [6.07, 6.45) is 3.86. The monoisotopic (exact) mass is 415 g/mol. The van der Waals surface area contributed by atoms with Crippen LogP contribution in [0, 0.1) is 0 Å². The molecule has 0 atom stereocenters. The molecule has 2 aromatic carbocycles. The highest BCUT2D eigenvalue weighted by Crippen LogP contribution is 2.42. The normalized spacial score (nSPS) is 15.4. The lowest BCUT2D eigenvalue weighted by Gasteiger charge is -2.28. The fourth-order valence-electron chi connectivity index (χ4n) is 4.04. The number of benzene rings is 2. The lowest BCUT2D eigenvalue weighted by Crippen LogP contribution is -2.42. The number of carbonyl (C=O) groups excluding carboxylic acids is 1. The van der Waals surface area contributed by atoms with Crippen LogP contribution >= 0.6 is 11.6 Å². The van der Waals surface area contributed by atoms with Crippen molar-refractivity contribution in [1.29, 1.82) is 0 Å². The number of rotatable bonds is 10. The largest absolute Gasteiger partial charge is 0.379 e. The fourth-order valence-corrected chi connectivity index (χ4v) is 4.23. The lowest BCUT2D eigenvalue weighted by atomic mass is 9.78. The zero-order valence-electron chi connectivity index (χ0n) is 17.1. The summed E-state index contributed by atoms with van der Waals surface area (Å²) in [5.41, 5.74) is 2.73. The fraction of sp³-hybridized carbons (Fsp3) is 0.458. The van der Waals surface area contributed by atoms with Crippen molar-refractivity contribution in [2.24, 2.45) is 0 Å². The highest BCUT2D eigenvalue weighted by Gasteiger charge is 2.42. The van der Waals surface area contributed by atoms with Crippen molar-refractivity contribution in [1.82, 2.24) is 5.32 Å². The summed E-state index contributed by atoms with van der Waals surface area (Å²) < 4.78 is 10.9. The summed E-state index contributed by atoms with van der Waals surface area (Å²) in [4.78, 5) is 13.2. The lowest BCUT2D eigenvalue weighted by molar-refractivity contribution is -0.126. The molecule has 1 aliphatic carbocycles. The van der Waals surface area contributed by atoms with Gasteiger partial charge < -0.3 is 14.8 Å². The molecule has 0 bridgehead atoms. The van der Waals surface area contributed by atoms with E-state index < -0.39 is 5.41 Å². The third kappa shape index (κ3) is 5.81. The Morgan fingerprint density at radius 1 is 1.03 bits per heavy atom. The molecular formula is C24H30ClNO3. The number of hydrogen-bond donors (Lipinski definition) is 1. The Bertz CT molecular complexity index is 802. The summed E-state index contributed by atoms with van der Waals surface area (Å²) in [6.45, 7) is 4.92. The molecule has 0 aromatic heterocycles. The van der Waals surface area contributed by atoms with Gasteiger partial charge in [-0.3, -0.25) is 4.79 Å². The summed E-state index contributed by atoms with van der Waals surface area (Å²) in [7, 11) is 0. The van der Waals surface area contributed by atoms with Crippen LogP contribution in [-0.2, 0) is 32.8 Å². The molecule has 29 heavy (non-hydrogen) atoms. The first kappa shape index (κ1) is 21.8. The molecule has 4 nitrogen and oxygen atoms in total. The Balaban J connectivity index is 1.60. The van der Waals surface area contributed by atoms with Gasteiger partial charge >= 0.3 is 0 Å². The molecule has 0 aliphatic heterocycles. The number of carbonyl (C=O) groups is 1. The van der Waals surface area contributed by atoms with E-state index >= 15 is 0 Å². The second-order valence-electron chi connectivity index (χ2n) is 7.55. The molecule has 1 amide bonds. The van der Waals surface area contributed by atoms with Crippen LogP contribution in [-0.4, -0.2) is 25.7 Å². The van der Waals surface area contributed by atoms with Crippen LogP contribution in [0.3, 0.4) is 0 Å². The minimum Gasteiger partial charge on any atom is -0.379 e. The maximum absolute atomic E-state index is 13.2. The van der Waals surface area contributed by atoms with E-state index in [9.17, 15) is 4.79 Å². The van der Waals surface area contributed by atoms with Gasteiger partial charge in [-0.1, -0.05) is 60.8 Å². The zero-order valence-corrected chi connectivity index (χ0v) is 17.8. The third-order valence-electron chi connectivity index (χ3n) is 5.56. The quantitative estimate of drug-likeness (QED) is 0.554. The first-order valence-corrected chi connectivity index (χ1v) is 10.8. The number of halogens is 1. The molecule has 5 heteroatoms. The number of hydrogen-bond acceptors (Lipinski definition) is 3. The second-order valence-corrected chi connectivity index (χ2v) is 7.99. The average molecular weight is 416 g/mol. The van der Waals surface area contributed by atoms with Crippen LogP contribution < -0.4 is 5.32 Å². The highest BCUT2D eigenvalue weighted by atomic mass is 35.5. The van der Waals surface area contributed by atoms with Crippen molar-refractivity contribution < 1.29 is 14.3 Å². The third-order valence-corrected chi connectivity index (χ3v) is 5.79. The smallest absolute Gasteiger partial charge is 0.230 e. The second kappa shape index (κ2) is 10.8. The van der Waals surface area contributed by atoms with Gasteiger partial charge in [-0.2, -0.15) is 0 Å². The summed E-state index contributed by atoms with van der Waals surface area (Å²) in [5.74, 6) is 0.0932. The molecule has 2 aromatic rings. The molecule has 0 heterocycles. The van der Waals surface area contributed by atoms with E-state index in [2.05, 4.69) is 11.4 Å². The van der Waals surface area contributed by atoms with Crippen LogP contribution in [0.25, 0.3) is 0 Å². The standard InChI is InChI=1S/C24H30ClNO3/c1-2-28-13-14-29-18-20-8-5-7-19(15-20)17-26-23(27)24(11-3-4-12-24)21-9-6-10-22(25)16-21/h5-10,15-16H,2-4,11-14,17-18H2,1H3,(H,26,27). The van der Waals surface area contributed by atoms with Crippen molar-refractivity contribution >= 4 is 17.5 Å². The SMILES string of the molecule is CCOCCOCc1cccc(CNC(=O)C2(c3cccc(Cl)c3)CCCC2)c1. The van der Waals surface area contributed by atoms with Crippen molar-refractivity contribution in [2.45, 2.75) is 51.2 Å². The molecule has 3 rings (SSSR count). The molecule has 0 radical (unpaired) electrons. The van der Waals surface area contributed by atoms with E-state index in [0.29, 0.717) is 38.0 Å². The number of amides is 1. The minimum absolute atomic E-state index is 0.0932. The van der Waals surface area contributed by atoms with Crippen LogP contribution in [0.5, 0.6) is 0 Å². The van der Waals surface area contributed by atoms with E-state index in [-0.39, 0.29) is 5.91 Å². The van der Waals surface area contributed by atoms with Crippen molar-refractivity contribution in [3.63, 3.8) is 0 Å².